The van der Waals surface area contributed by atoms with Gasteiger partial charge in [0.2, 0.25) is 0 Å². The Morgan fingerprint density at radius 3 is 2.94 bits per heavy atom. The number of fused-ring (bicyclic) bond motifs is 1. The van der Waals surface area contributed by atoms with Gasteiger partial charge in [-0.1, -0.05) is 25.8 Å². The fraction of sp³-hybridized carbons (Fsp3) is 0.467. The summed E-state index contributed by atoms with van der Waals surface area (Å²) in [5, 5.41) is 0. The highest BCUT2D eigenvalue weighted by Crippen LogP contribution is 2.31. The molecule has 1 heterocycles. The van der Waals surface area contributed by atoms with Gasteiger partial charge in [-0.2, -0.15) is 0 Å². The molecule has 0 aromatic heterocycles. The second-order valence-corrected chi connectivity index (χ2v) is 4.41. The van der Waals surface area contributed by atoms with Crippen LogP contribution in [0.4, 0.5) is 0 Å². The number of hydrogen-bond donors (Lipinski definition) is 0. The van der Waals surface area contributed by atoms with E-state index in [1.54, 1.807) is 7.11 Å². The van der Waals surface area contributed by atoms with Crippen molar-refractivity contribution < 1.29 is 9.47 Å². The Bertz CT molecular complexity index is 396. The zero-order valence-corrected chi connectivity index (χ0v) is 10.6. The number of methoxy groups -OCH3 is 1. The third-order valence-corrected chi connectivity index (χ3v) is 3.08. The molecular weight excluding hydrogens is 212 g/mol. The number of ether oxygens (including phenoxy) is 2. The first-order valence-corrected chi connectivity index (χ1v) is 6.36. The Kier molecular flexibility index (Phi) is 4.08. The van der Waals surface area contributed by atoms with E-state index in [1.165, 1.54) is 19.3 Å². The molecule has 0 bridgehead atoms. The Hall–Kier alpha value is -1.44. The average Bonchev–Trinajstić information content (AvgIpc) is 2.38. The Balaban J connectivity index is 2.01. The Morgan fingerprint density at radius 2 is 2.18 bits per heavy atom. The van der Waals surface area contributed by atoms with Crippen LogP contribution in [0.1, 0.15) is 38.2 Å². The van der Waals surface area contributed by atoms with Gasteiger partial charge >= 0.3 is 0 Å². The maximum Gasteiger partial charge on any atom is 0.131 e. The van der Waals surface area contributed by atoms with E-state index in [-0.39, 0.29) is 6.10 Å². The molecule has 1 aliphatic heterocycles. The third kappa shape index (κ3) is 3.02. The SMILES string of the molecule is CCCCC[C@@H]1C=Cc2ccc(OC)cc2O1. The normalized spacial score (nSPS) is 17.4. The van der Waals surface area contributed by atoms with Crippen LogP contribution in [0.15, 0.2) is 24.3 Å². The first kappa shape index (κ1) is 12.0. The molecular formula is C15H20O2. The van der Waals surface area contributed by atoms with Crippen LogP contribution in [0.2, 0.25) is 0 Å². The summed E-state index contributed by atoms with van der Waals surface area (Å²) in [7, 11) is 1.68. The molecule has 1 aliphatic rings. The van der Waals surface area contributed by atoms with Gasteiger partial charge < -0.3 is 9.47 Å². The first-order valence-electron chi connectivity index (χ1n) is 6.36. The van der Waals surface area contributed by atoms with E-state index in [1.807, 2.05) is 18.2 Å². The summed E-state index contributed by atoms with van der Waals surface area (Å²) in [4.78, 5) is 0. The van der Waals surface area contributed by atoms with Crippen LogP contribution in [0, 0.1) is 0 Å². The minimum absolute atomic E-state index is 0.223. The predicted molar refractivity (Wildman–Crippen MR) is 70.6 cm³/mol. The number of unbranched alkanes of at least 4 members (excludes halogenated alkanes) is 2. The van der Waals surface area contributed by atoms with Crippen LogP contribution < -0.4 is 9.47 Å². The van der Waals surface area contributed by atoms with E-state index in [2.05, 4.69) is 19.1 Å². The topological polar surface area (TPSA) is 18.5 Å². The molecule has 0 saturated carbocycles. The lowest BCUT2D eigenvalue weighted by Crippen LogP contribution is -2.16. The van der Waals surface area contributed by atoms with Crippen LogP contribution in [0.25, 0.3) is 6.08 Å². The van der Waals surface area contributed by atoms with E-state index in [0.717, 1.165) is 23.5 Å². The minimum atomic E-state index is 0.223. The summed E-state index contributed by atoms with van der Waals surface area (Å²) in [6, 6.07) is 5.96. The zero-order chi connectivity index (χ0) is 12.1. The van der Waals surface area contributed by atoms with Gasteiger partial charge in [-0.3, -0.25) is 0 Å². The molecule has 2 rings (SSSR count). The average molecular weight is 232 g/mol. The molecule has 2 heteroatoms. The molecule has 0 saturated heterocycles. The van der Waals surface area contributed by atoms with Crippen molar-refractivity contribution in [1.82, 2.24) is 0 Å². The number of rotatable bonds is 5. The number of hydrogen-bond acceptors (Lipinski definition) is 2. The highest BCUT2D eigenvalue weighted by molar-refractivity contribution is 5.61. The van der Waals surface area contributed by atoms with Gasteiger partial charge in [0.05, 0.1) is 7.11 Å². The summed E-state index contributed by atoms with van der Waals surface area (Å²) in [5.74, 6) is 1.79. The van der Waals surface area contributed by atoms with E-state index < -0.39 is 0 Å². The quantitative estimate of drug-likeness (QED) is 0.713. The molecule has 2 nitrogen and oxygen atoms in total. The van der Waals surface area contributed by atoms with Gasteiger partial charge in [0, 0.05) is 11.6 Å². The van der Waals surface area contributed by atoms with Gasteiger partial charge in [0.25, 0.3) is 0 Å². The molecule has 0 radical (unpaired) electrons. The molecule has 1 atom stereocenters. The van der Waals surface area contributed by atoms with Gasteiger partial charge in [0.15, 0.2) is 0 Å². The maximum atomic E-state index is 5.95. The van der Waals surface area contributed by atoms with Gasteiger partial charge in [-0.05, 0) is 31.1 Å². The second-order valence-electron chi connectivity index (χ2n) is 4.41. The summed E-state index contributed by atoms with van der Waals surface area (Å²) >= 11 is 0. The lowest BCUT2D eigenvalue weighted by atomic mass is 10.1. The summed E-state index contributed by atoms with van der Waals surface area (Å²) < 4.78 is 11.2. The largest absolute Gasteiger partial charge is 0.497 e. The van der Waals surface area contributed by atoms with Crippen molar-refractivity contribution in [3.8, 4) is 11.5 Å². The zero-order valence-electron chi connectivity index (χ0n) is 10.6. The fourth-order valence-electron chi connectivity index (χ4n) is 2.05. The Morgan fingerprint density at radius 1 is 1.29 bits per heavy atom. The summed E-state index contributed by atoms with van der Waals surface area (Å²) in [6.07, 6.45) is 9.38. The molecule has 0 N–H and O–H groups in total. The van der Waals surface area contributed by atoms with Crippen LogP contribution in [0.3, 0.4) is 0 Å². The Labute approximate surface area is 103 Å². The van der Waals surface area contributed by atoms with Crippen molar-refractivity contribution >= 4 is 6.08 Å². The fourth-order valence-corrected chi connectivity index (χ4v) is 2.05. The molecule has 0 aliphatic carbocycles. The van der Waals surface area contributed by atoms with E-state index >= 15 is 0 Å². The van der Waals surface area contributed by atoms with Crippen LogP contribution in [-0.2, 0) is 0 Å². The van der Waals surface area contributed by atoms with Crippen molar-refractivity contribution in [2.75, 3.05) is 7.11 Å². The highest BCUT2D eigenvalue weighted by Gasteiger charge is 2.14. The highest BCUT2D eigenvalue weighted by atomic mass is 16.5. The number of benzene rings is 1. The van der Waals surface area contributed by atoms with Crippen LogP contribution in [0.5, 0.6) is 11.5 Å². The van der Waals surface area contributed by atoms with E-state index in [9.17, 15) is 0 Å². The van der Waals surface area contributed by atoms with E-state index in [4.69, 9.17) is 9.47 Å². The maximum absolute atomic E-state index is 5.95. The van der Waals surface area contributed by atoms with Crippen molar-refractivity contribution in [1.29, 1.82) is 0 Å². The monoisotopic (exact) mass is 232 g/mol. The van der Waals surface area contributed by atoms with Crippen molar-refractivity contribution in [2.45, 2.75) is 38.7 Å². The smallest absolute Gasteiger partial charge is 0.131 e. The minimum Gasteiger partial charge on any atom is -0.497 e. The van der Waals surface area contributed by atoms with Crippen LogP contribution >= 0.6 is 0 Å². The lowest BCUT2D eigenvalue weighted by molar-refractivity contribution is 0.229. The predicted octanol–water partition coefficient (Wildman–Crippen LogP) is 4.05. The molecule has 0 fully saturated rings. The molecule has 1 aromatic carbocycles. The molecule has 1 aromatic rings. The van der Waals surface area contributed by atoms with Gasteiger partial charge in [-0.25, -0.2) is 0 Å². The lowest BCUT2D eigenvalue weighted by Gasteiger charge is -2.21. The summed E-state index contributed by atoms with van der Waals surface area (Å²) in [6.45, 7) is 2.22. The standard InChI is InChI=1S/C15H20O2/c1-3-4-5-6-13-9-7-12-8-10-14(16-2)11-15(12)17-13/h7-11,13H,3-6H2,1-2H3/t13-/m1/s1. The van der Waals surface area contributed by atoms with Gasteiger partial charge in [0.1, 0.15) is 17.6 Å². The molecule has 0 amide bonds. The van der Waals surface area contributed by atoms with Crippen LogP contribution in [-0.4, -0.2) is 13.2 Å². The van der Waals surface area contributed by atoms with Crippen molar-refractivity contribution in [3.05, 3.63) is 29.8 Å². The molecule has 92 valence electrons. The third-order valence-electron chi connectivity index (χ3n) is 3.08. The molecule has 17 heavy (non-hydrogen) atoms. The van der Waals surface area contributed by atoms with Crippen molar-refractivity contribution in [2.24, 2.45) is 0 Å². The molecule has 0 unspecified atom stereocenters. The first-order chi connectivity index (χ1) is 8.33. The van der Waals surface area contributed by atoms with E-state index in [0.29, 0.717) is 0 Å². The molecule has 0 spiro atoms. The van der Waals surface area contributed by atoms with Gasteiger partial charge in [-0.15, -0.1) is 0 Å². The second kappa shape index (κ2) is 5.76. The summed E-state index contributed by atoms with van der Waals surface area (Å²) in [5.41, 5.74) is 1.14. The van der Waals surface area contributed by atoms with Crippen molar-refractivity contribution in [3.63, 3.8) is 0 Å².